The molecule has 0 atom stereocenters. The molecule has 0 heterocycles. The van der Waals surface area contributed by atoms with E-state index in [1.165, 1.54) is 16.7 Å². The van der Waals surface area contributed by atoms with Gasteiger partial charge in [-0.1, -0.05) is 47.9 Å². The van der Waals surface area contributed by atoms with E-state index in [0.29, 0.717) is 6.61 Å². The van der Waals surface area contributed by atoms with Crippen molar-refractivity contribution < 1.29 is 4.74 Å². The molecule has 0 spiro atoms. The average molecular weight is 302 g/mol. The van der Waals surface area contributed by atoms with Gasteiger partial charge in [-0.2, -0.15) is 0 Å². The molecule has 0 aliphatic rings. The molecular weight excluding hydrogens is 282 g/mol. The normalized spacial score (nSPS) is 9.52. The topological polar surface area (TPSA) is 21.3 Å². The molecule has 110 valence electrons. The molecule has 1 N–H and O–H groups in total. The van der Waals surface area contributed by atoms with E-state index in [0.717, 1.165) is 18.8 Å². The first kappa shape index (κ1) is 17.1. The van der Waals surface area contributed by atoms with Crippen molar-refractivity contribution in [2.45, 2.75) is 20.0 Å². The van der Waals surface area contributed by atoms with E-state index in [9.17, 15) is 0 Å². The number of benzene rings is 2. The van der Waals surface area contributed by atoms with Crippen molar-refractivity contribution in [3.05, 3.63) is 65.2 Å². The van der Waals surface area contributed by atoms with Crippen molar-refractivity contribution in [3.63, 3.8) is 0 Å². The predicted octanol–water partition coefficient (Wildman–Crippen LogP) is 3.72. The monoisotopic (exact) mass is 301 g/mol. The minimum Gasteiger partial charge on any atom is -0.481 e. The van der Waals surface area contributed by atoms with Crippen LogP contribution in [0.4, 0.5) is 0 Å². The number of hydrogen-bond donors (Lipinski definition) is 1. The van der Waals surface area contributed by atoms with Gasteiger partial charge in [-0.25, -0.2) is 0 Å². The molecule has 2 nitrogen and oxygen atoms in total. The predicted molar refractivity (Wildman–Crippen MR) is 89.7 cm³/mol. The van der Waals surface area contributed by atoms with Gasteiger partial charge < -0.3 is 10.1 Å². The minimum absolute atomic E-state index is 0. The van der Waals surface area contributed by atoms with Crippen LogP contribution in [0.25, 0.3) is 0 Å². The van der Waals surface area contributed by atoms with E-state index in [2.05, 4.69) is 48.5 Å². The number of halogens is 1. The zero-order chi connectivity index (χ0) is 14.2. The van der Waals surface area contributed by atoms with Crippen LogP contribution in [-0.2, 0) is 13.1 Å². The highest BCUT2D eigenvalue weighted by Gasteiger charge is 1.97. The molecular formula is C18H20ClNO. The molecule has 0 aliphatic heterocycles. The molecule has 0 radical (unpaired) electrons. The van der Waals surface area contributed by atoms with Crippen molar-refractivity contribution in [1.29, 1.82) is 0 Å². The van der Waals surface area contributed by atoms with Gasteiger partial charge in [0.05, 0.1) is 0 Å². The lowest BCUT2D eigenvalue weighted by Crippen LogP contribution is -2.12. The fraction of sp³-hybridized carbons (Fsp3) is 0.222. The van der Waals surface area contributed by atoms with Crippen molar-refractivity contribution in [3.8, 4) is 18.1 Å². The first-order valence-corrected chi connectivity index (χ1v) is 6.69. The van der Waals surface area contributed by atoms with Crippen LogP contribution in [0.1, 0.15) is 16.7 Å². The van der Waals surface area contributed by atoms with Gasteiger partial charge in [-0.05, 0) is 30.2 Å². The van der Waals surface area contributed by atoms with Crippen LogP contribution in [0.3, 0.4) is 0 Å². The Balaban J connectivity index is 0.00000220. The molecule has 2 aromatic carbocycles. The van der Waals surface area contributed by atoms with Gasteiger partial charge >= 0.3 is 0 Å². The standard InChI is InChI=1S/C18H19NO.ClH/c1-3-11-20-18-6-4-5-17(12-18)14-19-13-16-9-7-15(2)8-10-16;/h1,4-10,12,19H,11,13-14H2,2H3;1H. The van der Waals surface area contributed by atoms with Gasteiger partial charge in [0, 0.05) is 13.1 Å². The highest BCUT2D eigenvalue weighted by Crippen LogP contribution is 2.13. The number of aryl methyl sites for hydroxylation is 1. The Kier molecular flexibility index (Phi) is 7.39. The zero-order valence-corrected chi connectivity index (χ0v) is 13.0. The molecule has 0 bridgehead atoms. The molecule has 0 saturated carbocycles. The third-order valence-electron chi connectivity index (χ3n) is 3.00. The van der Waals surface area contributed by atoms with Gasteiger partial charge in [0.25, 0.3) is 0 Å². The van der Waals surface area contributed by atoms with Crippen molar-refractivity contribution in [2.24, 2.45) is 0 Å². The molecule has 0 aromatic heterocycles. The maximum Gasteiger partial charge on any atom is 0.148 e. The largest absolute Gasteiger partial charge is 0.481 e. The smallest absolute Gasteiger partial charge is 0.148 e. The number of hydrogen-bond acceptors (Lipinski definition) is 2. The quantitative estimate of drug-likeness (QED) is 0.821. The summed E-state index contributed by atoms with van der Waals surface area (Å²) < 4.78 is 5.41. The number of rotatable bonds is 6. The third kappa shape index (κ3) is 5.91. The number of nitrogens with one attached hydrogen (secondary N) is 1. The lowest BCUT2D eigenvalue weighted by Gasteiger charge is -2.08. The zero-order valence-electron chi connectivity index (χ0n) is 12.1. The van der Waals surface area contributed by atoms with E-state index in [1.807, 2.05) is 18.2 Å². The van der Waals surface area contributed by atoms with E-state index in [-0.39, 0.29) is 12.4 Å². The summed E-state index contributed by atoms with van der Waals surface area (Å²) in [7, 11) is 0. The van der Waals surface area contributed by atoms with E-state index in [4.69, 9.17) is 11.2 Å². The molecule has 0 saturated heterocycles. The Bertz CT molecular complexity index is 587. The van der Waals surface area contributed by atoms with Crippen LogP contribution in [0, 0.1) is 19.3 Å². The Morgan fingerprint density at radius 2 is 1.76 bits per heavy atom. The van der Waals surface area contributed by atoms with E-state index < -0.39 is 0 Å². The van der Waals surface area contributed by atoms with Gasteiger partial charge in [0.1, 0.15) is 12.4 Å². The maximum atomic E-state index is 5.41. The molecule has 21 heavy (non-hydrogen) atoms. The summed E-state index contributed by atoms with van der Waals surface area (Å²) in [5.41, 5.74) is 3.76. The van der Waals surface area contributed by atoms with Crippen LogP contribution >= 0.6 is 12.4 Å². The van der Waals surface area contributed by atoms with Crippen molar-refractivity contribution >= 4 is 12.4 Å². The lowest BCUT2D eigenvalue weighted by atomic mass is 10.1. The fourth-order valence-electron chi connectivity index (χ4n) is 1.93. The summed E-state index contributed by atoms with van der Waals surface area (Å²) >= 11 is 0. The molecule has 2 aromatic rings. The van der Waals surface area contributed by atoms with Crippen LogP contribution < -0.4 is 10.1 Å². The third-order valence-corrected chi connectivity index (χ3v) is 3.00. The average Bonchev–Trinajstić information content (AvgIpc) is 2.48. The van der Waals surface area contributed by atoms with Gasteiger partial charge in [-0.15, -0.1) is 18.8 Å². The second-order valence-electron chi connectivity index (χ2n) is 4.73. The maximum absolute atomic E-state index is 5.41. The lowest BCUT2D eigenvalue weighted by molar-refractivity contribution is 0.370. The summed E-state index contributed by atoms with van der Waals surface area (Å²) in [4.78, 5) is 0. The Hall–Kier alpha value is -1.95. The number of ether oxygens (including phenoxy) is 1. The first-order chi connectivity index (χ1) is 9.78. The summed E-state index contributed by atoms with van der Waals surface area (Å²) in [6, 6.07) is 16.5. The van der Waals surface area contributed by atoms with Gasteiger partial charge in [0.2, 0.25) is 0 Å². The molecule has 2 rings (SSSR count). The molecule has 0 aliphatic carbocycles. The van der Waals surface area contributed by atoms with Crippen LogP contribution in [0.5, 0.6) is 5.75 Å². The Morgan fingerprint density at radius 3 is 2.48 bits per heavy atom. The SMILES string of the molecule is C#CCOc1cccc(CNCc2ccc(C)cc2)c1.Cl. The Morgan fingerprint density at radius 1 is 1.05 bits per heavy atom. The summed E-state index contributed by atoms with van der Waals surface area (Å²) in [6.07, 6.45) is 5.18. The van der Waals surface area contributed by atoms with Crippen LogP contribution in [0.15, 0.2) is 48.5 Å². The summed E-state index contributed by atoms with van der Waals surface area (Å²) in [6.45, 7) is 4.07. The fourth-order valence-corrected chi connectivity index (χ4v) is 1.93. The van der Waals surface area contributed by atoms with E-state index >= 15 is 0 Å². The van der Waals surface area contributed by atoms with Crippen LogP contribution in [-0.4, -0.2) is 6.61 Å². The van der Waals surface area contributed by atoms with Gasteiger partial charge in [-0.3, -0.25) is 0 Å². The first-order valence-electron chi connectivity index (χ1n) is 6.69. The van der Waals surface area contributed by atoms with Gasteiger partial charge in [0.15, 0.2) is 0 Å². The van der Waals surface area contributed by atoms with Crippen molar-refractivity contribution in [2.75, 3.05) is 6.61 Å². The summed E-state index contributed by atoms with van der Waals surface area (Å²) in [5.74, 6) is 3.28. The molecule has 0 amide bonds. The van der Waals surface area contributed by atoms with E-state index in [1.54, 1.807) is 0 Å². The Labute approximate surface area is 132 Å². The van der Waals surface area contributed by atoms with Crippen LogP contribution in [0.2, 0.25) is 0 Å². The highest BCUT2D eigenvalue weighted by atomic mass is 35.5. The highest BCUT2D eigenvalue weighted by molar-refractivity contribution is 5.85. The molecule has 0 fully saturated rings. The minimum atomic E-state index is 0. The van der Waals surface area contributed by atoms with Crippen molar-refractivity contribution in [1.82, 2.24) is 5.32 Å². The second-order valence-corrected chi connectivity index (χ2v) is 4.73. The molecule has 3 heteroatoms. The second kappa shape index (κ2) is 9.07. The number of terminal acetylenes is 1. The molecule has 0 unspecified atom stereocenters. The summed E-state index contributed by atoms with van der Waals surface area (Å²) in [5, 5.41) is 3.42.